The van der Waals surface area contributed by atoms with Gasteiger partial charge in [-0.1, -0.05) is 12.1 Å². The lowest BCUT2D eigenvalue weighted by molar-refractivity contribution is 0.0996. The molecule has 0 bridgehead atoms. The molecule has 0 unspecified atom stereocenters. The Kier molecular flexibility index (Phi) is 3.97. The molecule has 2 aromatic rings. The highest BCUT2D eigenvalue weighted by molar-refractivity contribution is 9.10. The summed E-state index contributed by atoms with van der Waals surface area (Å²) in [5.74, 6) is -0.304. The minimum atomic E-state index is -0.334. The van der Waals surface area contributed by atoms with E-state index in [1.54, 1.807) is 12.1 Å². The van der Waals surface area contributed by atoms with E-state index in [4.69, 9.17) is 0 Å². The van der Waals surface area contributed by atoms with Gasteiger partial charge >= 0.3 is 0 Å². The third-order valence-electron chi connectivity index (χ3n) is 2.82. The summed E-state index contributed by atoms with van der Waals surface area (Å²) < 4.78 is 13.7. The summed E-state index contributed by atoms with van der Waals surface area (Å²) in [6.45, 7) is 3.98. The molecule has 0 saturated carbocycles. The smallest absolute Gasteiger partial charge is 0.177 e. The van der Waals surface area contributed by atoms with Crippen molar-refractivity contribution in [1.82, 2.24) is 0 Å². The average molecular weight is 327 g/mol. The molecule has 0 fully saturated rings. The summed E-state index contributed by atoms with van der Waals surface area (Å²) in [5.41, 5.74) is 1.81. The molecular weight excluding hydrogens is 315 g/mol. The van der Waals surface area contributed by atoms with Crippen LogP contribution in [0.4, 0.5) is 4.39 Å². The second-order valence-corrected chi connectivity index (χ2v) is 6.21. The molecule has 1 nitrogen and oxygen atoms in total. The molecule has 0 saturated heterocycles. The van der Waals surface area contributed by atoms with E-state index in [2.05, 4.69) is 15.9 Å². The minimum Gasteiger partial charge on any atom is -0.293 e. The first kappa shape index (κ1) is 13.4. The van der Waals surface area contributed by atoms with Gasteiger partial charge in [0.1, 0.15) is 5.82 Å². The minimum absolute atomic E-state index is 0.0301. The number of ketones is 1. The Hall–Kier alpha value is -1.000. The summed E-state index contributed by atoms with van der Waals surface area (Å²) in [6, 6.07) is 6.65. The zero-order valence-corrected chi connectivity index (χ0v) is 12.5. The van der Waals surface area contributed by atoms with Gasteiger partial charge in [-0.3, -0.25) is 4.79 Å². The molecule has 0 aliphatic heterocycles. The maximum Gasteiger partial charge on any atom is 0.177 e. The van der Waals surface area contributed by atoms with Gasteiger partial charge < -0.3 is 0 Å². The summed E-state index contributed by atoms with van der Waals surface area (Å²) in [7, 11) is 0. The number of carbonyl (C=O) groups is 1. The topological polar surface area (TPSA) is 17.1 Å². The Labute approximate surface area is 118 Å². The average Bonchev–Trinajstić information content (AvgIpc) is 2.66. The second-order valence-electron chi connectivity index (χ2n) is 4.16. The fourth-order valence-electron chi connectivity index (χ4n) is 1.66. The van der Waals surface area contributed by atoms with Crippen LogP contribution < -0.4 is 0 Å². The van der Waals surface area contributed by atoms with Crippen LogP contribution in [-0.2, 0) is 6.42 Å². The molecule has 1 aromatic carbocycles. The monoisotopic (exact) mass is 326 g/mol. The van der Waals surface area contributed by atoms with E-state index in [0.717, 1.165) is 15.3 Å². The third kappa shape index (κ3) is 2.70. The Bertz CT molecular complexity index is 584. The first-order chi connectivity index (χ1) is 8.49. The van der Waals surface area contributed by atoms with Crippen LogP contribution in [-0.4, -0.2) is 5.78 Å². The zero-order valence-electron chi connectivity index (χ0n) is 10.1. The number of hydrogen-bond acceptors (Lipinski definition) is 2. The zero-order chi connectivity index (χ0) is 13.3. The van der Waals surface area contributed by atoms with Gasteiger partial charge in [0.2, 0.25) is 0 Å². The molecule has 0 atom stereocenters. The van der Waals surface area contributed by atoms with Crippen molar-refractivity contribution in [3.63, 3.8) is 0 Å². The van der Waals surface area contributed by atoms with Crippen LogP contribution >= 0.6 is 27.3 Å². The second kappa shape index (κ2) is 5.33. The third-order valence-corrected chi connectivity index (χ3v) is 4.91. The van der Waals surface area contributed by atoms with Gasteiger partial charge in [-0.25, -0.2) is 4.39 Å². The van der Waals surface area contributed by atoms with Crippen molar-refractivity contribution in [2.24, 2.45) is 0 Å². The van der Waals surface area contributed by atoms with Crippen molar-refractivity contribution in [3.8, 4) is 0 Å². The predicted molar refractivity (Wildman–Crippen MR) is 75.9 cm³/mol. The first-order valence-electron chi connectivity index (χ1n) is 5.52. The first-order valence-corrected chi connectivity index (χ1v) is 7.13. The fraction of sp³-hybridized carbons (Fsp3) is 0.214. The van der Waals surface area contributed by atoms with E-state index in [1.165, 1.54) is 17.4 Å². The molecule has 0 aliphatic rings. The van der Waals surface area contributed by atoms with Gasteiger partial charge in [0.25, 0.3) is 0 Å². The summed E-state index contributed by atoms with van der Waals surface area (Å²) in [4.78, 5) is 14.0. The molecule has 18 heavy (non-hydrogen) atoms. The number of hydrogen-bond donors (Lipinski definition) is 0. The van der Waals surface area contributed by atoms with Crippen molar-refractivity contribution in [1.29, 1.82) is 0 Å². The predicted octanol–water partition coefficient (Wildman–Crippen LogP) is 4.69. The lowest BCUT2D eigenvalue weighted by atomic mass is 10.1. The largest absolute Gasteiger partial charge is 0.293 e. The van der Waals surface area contributed by atoms with Crippen LogP contribution in [0.5, 0.6) is 0 Å². The highest BCUT2D eigenvalue weighted by Gasteiger charge is 2.14. The molecule has 0 amide bonds. The van der Waals surface area contributed by atoms with E-state index in [-0.39, 0.29) is 18.0 Å². The van der Waals surface area contributed by atoms with Crippen molar-refractivity contribution < 1.29 is 9.18 Å². The van der Waals surface area contributed by atoms with E-state index < -0.39 is 0 Å². The highest BCUT2D eigenvalue weighted by Crippen LogP contribution is 2.25. The van der Waals surface area contributed by atoms with Crippen molar-refractivity contribution >= 4 is 33.0 Å². The molecule has 94 valence electrons. The Morgan fingerprint density at radius 3 is 2.72 bits per heavy atom. The Morgan fingerprint density at radius 1 is 1.39 bits per heavy atom. The van der Waals surface area contributed by atoms with Gasteiger partial charge in [-0.2, -0.15) is 0 Å². The van der Waals surface area contributed by atoms with Crippen LogP contribution in [0.3, 0.4) is 0 Å². The van der Waals surface area contributed by atoms with E-state index in [1.807, 2.05) is 19.9 Å². The molecule has 0 radical (unpaired) electrons. The molecule has 1 aromatic heterocycles. The van der Waals surface area contributed by atoms with Gasteiger partial charge in [0.05, 0.1) is 9.35 Å². The summed E-state index contributed by atoms with van der Waals surface area (Å²) in [6.07, 6.45) is 0.220. The molecular formula is C14H12BrFOS. The molecule has 0 spiro atoms. The van der Waals surface area contributed by atoms with Gasteiger partial charge in [-0.15, -0.1) is 11.3 Å². The Morgan fingerprint density at radius 2 is 2.11 bits per heavy atom. The number of aryl methyl sites for hydroxylation is 2. The van der Waals surface area contributed by atoms with Gasteiger partial charge in [0, 0.05) is 11.3 Å². The molecule has 2 rings (SSSR count). The molecule has 1 heterocycles. The summed E-state index contributed by atoms with van der Waals surface area (Å²) >= 11 is 4.67. The maximum absolute atomic E-state index is 13.3. The van der Waals surface area contributed by atoms with E-state index >= 15 is 0 Å². The quantitative estimate of drug-likeness (QED) is 0.747. The number of carbonyl (C=O) groups excluding carboxylic acids is 1. The maximum atomic E-state index is 13.3. The van der Waals surface area contributed by atoms with Gasteiger partial charge in [-0.05, 0) is 53.0 Å². The standard InChI is InChI=1S/C14H12BrFOS/c1-8-6-13(18-9(8)2)12(17)7-10-4-3-5-11(16)14(10)15/h3-6H,7H2,1-2H3. The molecule has 4 heteroatoms. The van der Waals surface area contributed by atoms with Gasteiger partial charge in [0.15, 0.2) is 5.78 Å². The number of thiophene rings is 1. The normalized spacial score (nSPS) is 10.7. The number of rotatable bonds is 3. The van der Waals surface area contributed by atoms with Crippen LogP contribution in [0.1, 0.15) is 25.7 Å². The highest BCUT2D eigenvalue weighted by atomic mass is 79.9. The SMILES string of the molecule is Cc1cc(C(=O)Cc2cccc(F)c2Br)sc1C. The van der Waals surface area contributed by atoms with Crippen molar-refractivity contribution in [3.05, 3.63) is 55.4 Å². The van der Waals surface area contributed by atoms with Crippen LogP contribution in [0, 0.1) is 19.7 Å². The number of Topliss-reactive ketones (excluding diaryl/α,β-unsaturated/α-hetero) is 1. The lowest BCUT2D eigenvalue weighted by Crippen LogP contribution is -2.02. The van der Waals surface area contributed by atoms with E-state index in [0.29, 0.717) is 10.0 Å². The van der Waals surface area contributed by atoms with Crippen molar-refractivity contribution in [2.45, 2.75) is 20.3 Å². The number of halogens is 2. The van der Waals surface area contributed by atoms with Crippen LogP contribution in [0.25, 0.3) is 0 Å². The van der Waals surface area contributed by atoms with Crippen molar-refractivity contribution in [2.75, 3.05) is 0 Å². The number of benzene rings is 1. The summed E-state index contributed by atoms with van der Waals surface area (Å²) in [5, 5.41) is 0. The Balaban J connectivity index is 2.24. The lowest BCUT2D eigenvalue weighted by Gasteiger charge is -2.03. The molecule has 0 aliphatic carbocycles. The fourth-order valence-corrected chi connectivity index (χ4v) is 3.03. The van der Waals surface area contributed by atoms with Crippen LogP contribution in [0.2, 0.25) is 0 Å². The van der Waals surface area contributed by atoms with E-state index in [9.17, 15) is 9.18 Å². The molecule has 0 N–H and O–H groups in total. The van der Waals surface area contributed by atoms with Crippen LogP contribution in [0.15, 0.2) is 28.7 Å².